The van der Waals surface area contributed by atoms with Gasteiger partial charge >= 0.3 is 0 Å². The van der Waals surface area contributed by atoms with Crippen LogP contribution < -0.4 is 0 Å². The summed E-state index contributed by atoms with van der Waals surface area (Å²) in [6.07, 6.45) is 2.35. The SMILES string of the molecule is CCN(CCCO)C(=O)c1cn(C)nc1C. The Hall–Kier alpha value is -1.36. The van der Waals surface area contributed by atoms with E-state index in [4.69, 9.17) is 5.11 Å². The molecule has 0 aliphatic rings. The quantitative estimate of drug-likeness (QED) is 0.797. The molecule has 0 bridgehead atoms. The van der Waals surface area contributed by atoms with Crippen LogP contribution in [0.2, 0.25) is 0 Å². The van der Waals surface area contributed by atoms with Crippen LogP contribution in [0, 0.1) is 6.92 Å². The van der Waals surface area contributed by atoms with Crippen LogP contribution in [0.5, 0.6) is 0 Å². The molecule has 0 unspecified atom stereocenters. The molecular weight excluding hydrogens is 206 g/mol. The van der Waals surface area contributed by atoms with Crippen molar-refractivity contribution >= 4 is 5.91 Å². The number of carbonyl (C=O) groups excluding carboxylic acids is 1. The summed E-state index contributed by atoms with van der Waals surface area (Å²) in [5.41, 5.74) is 1.39. The molecule has 1 N–H and O–H groups in total. The molecule has 0 saturated heterocycles. The van der Waals surface area contributed by atoms with Crippen LogP contribution in [0.3, 0.4) is 0 Å². The summed E-state index contributed by atoms with van der Waals surface area (Å²) >= 11 is 0. The molecule has 5 nitrogen and oxygen atoms in total. The van der Waals surface area contributed by atoms with Gasteiger partial charge in [0.25, 0.3) is 5.91 Å². The van der Waals surface area contributed by atoms with Crippen LogP contribution in [0.25, 0.3) is 0 Å². The minimum absolute atomic E-state index is 0.0125. The van der Waals surface area contributed by atoms with E-state index >= 15 is 0 Å². The minimum Gasteiger partial charge on any atom is -0.396 e. The maximum Gasteiger partial charge on any atom is 0.257 e. The highest BCUT2D eigenvalue weighted by atomic mass is 16.3. The molecule has 1 amide bonds. The van der Waals surface area contributed by atoms with Gasteiger partial charge in [0.15, 0.2) is 0 Å². The van der Waals surface area contributed by atoms with Crippen LogP contribution in [0.1, 0.15) is 29.4 Å². The maximum atomic E-state index is 12.1. The Morgan fingerprint density at radius 2 is 2.31 bits per heavy atom. The van der Waals surface area contributed by atoms with Crippen molar-refractivity contribution in [1.29, 1.82) is 0 Å². The number of aliphatic hydroxyl groups is 1. The van der Waals surface area contributed by atoms with Gasteiger partial charge in [0.1, 0.15) is 0 Å². The molecule has 1 aromatic rings. The van der Waals surface area contributed by atoms with Crippen molar-refractivity contribution in [3.8, 4) is 0 Å². The van der Waals surface area contributed by atoms with Gasteiger partial charge in [0, 0.05) is 32.9 Å². The van der Waals surface area contributed by atoms with E-state index in [9.17, 15) is 4.79 Å². The average molecular weight is 225 g/mol. The summed E-state index contributed by atoms with van der Waals surface area (Å²) in [7, 11) is 1.80. The summed E-state index contributed by atoms with van der Waals surface area (Å²) in [5.74, 6) is -0.0125. The van der Waals surface area contributed by atoms with Crippen molar-refractivity contribution in [2.75, 3.05) is 19.7 Å². The molecule has 0 aliphatic carbocycles. The Morgan fingerprint density at radius 1 is 1.62 bits per heavy atom. The Kier molecular flexibility index (Phi) is 4.49. The number of aromatic nitrogens is 2. The van der Waals surface area contributed by atoms with Gasteiger partial charge in [-0.15, -0.1) is 0 Å². The third-order valence-corrected chi connectivity index (χ3v) is 2.50. The number of nitrogens with zero attached hydrogens (tertiary/aromatic N) is 3. The Morgan fingerprint density at radius 3 is 2.75 bits per heavy atom. The highest BCUT2D eigenvalue weighted by molar-refractivity contribution is 5.95. The predicted octanol–water partition coefficient (Wildman–Crippen LogP) is 0.573. The van der Waals surface area contributed by atoms with E-state index in [0.29, 0.717) is 25.1 Å². The highest BCUT2D eigenvalue weighted by Crippen LogP contribution is 2.09. The Bertz CT molecular complexity index is 360. The lowest BCUT2D eigenvalue weighted by Gasteiger charge is -2.19. The molecular formula is C11H19N3O2. The second kappa shape index (κ2) is 5.65. The first-order chi connectivity index (χ1) is 7.60. The molecule has 1 heterocycles. The molecule has 1 aromatic heterocycles. The number of hydrogen-bond donors (Lipinski definition) is 1. The molecule has 1 rings (SSSR count). The lowest BCUT2D eigenvalue weighted by atomic mass is 10.2. The molecule has 0 radical (unpaired) electrons. The van der Waals surface area contributed by atoms with Gasteiger partial charge in [-0.3, -0.25) is 9.48 Å². The van der Waals surface area contributed by atoms with Gasteiger partial charge in [-0.25, -0.2) is 0 Å². The summed E-state index contributed by atoms with van der Waals surface area (Å²) in [4.78, 5) is 13.8. The number of aryl methyl sites for hydroxylation is 2. The largest absolute Gasteiger partial charge is 0.396 e. The maximum absolute atomic E-state index is 12.1. The number of aliphatic hydroxyl groups excluding tert-OH is 1. The fraction of sp³-hybridized carbons (Fsp3) is 0.636. The number of amides is 1. The van der Waals surface area contributed by atoms with E-state index in [-0.39, 0.29) is 12.5 Å². The molecule has 16 heavy (non-hydrogen) atoms. The summed E-state index contributed by atoms with van der Waals surface area (Å²) < 4.78 is 1.64. The lowest BCUT2D eigenvalue weighted by Crippen LogP contribution is -2.32. The number of hydrogen-bond acceptors (Lipinski definition) is 3. The van der Waals surface area contributed by atoms with Crippen LogP contribution >= 0.6 is 0 Å². The summed E-state index contributed by atoms with van der Waals surface area (Å²) in [6.45, 7) is 5.09. The zero-order valence-corrected chi connectivity index (χ0v) is 10.1. The molecule has 0 spiro atoms. The van der Waals surface area contributed by atoms with Gasteiger partial charge < -0.3 is 10.0 Å². The average Bonchev–Trinajstić information content (AvgIpc) is 2.58. The van der Waals surface area contributed by atoms with Crippen molar-refractivity contribution in [2.45, 2.75) is 20.3 Å². The van der Waals surface area contributed by atoms with Crippen molar-refractivity contribution in [3.05, 3.63) is 17.5 Å². The third kappa shape index (κ3) is 2.82. The summed E-state index contributed by atoms with van der Waals surface area (Å²) in [6, 6.07) is 0. The Balaban J connectivity index is 2.78. The smallest absolute Gasteiger partial charge is 0.257 e. The van der Waals surface area contributed by atoms with Crippen LogP contribution in [-0.4, -0.2) is 45.4 Å². The van der Waals surface area contributed by atoms with E-state index in [0.717, 1.165) is 5.69 Å². The van der Waals surface area contributed by atoms with E-state index in [1.54, 1.807) is 22.8 Å². The molecule has 5 heteroatoms. The van der Waals surface area contributed by atoms with Crippen molar-refractivity contribution in [1.82, 2.24) is 14.7 Å². The van der Waals surface area contributed by atoms with Gasteiger partial charge in [0.05, 0.1) is 11.3 Å². The first-order valence-corrected chi connectivity index (χ1v) is 5.50. The standard InChI is InChI=1S/C11H19N3O2/c1-4-14(6-5-7-15)11(16)10-8-13(3)12-9(10)2/h8,15H,4-7H2,1-3H3. The molecule has 0 saturated carbocycles. The highest BCUT2D eigenvalue weighted by Gasteiger charge is 2.17. The molecule has 0 aromatic carbocycles. The van der Waals surface area contributed by atoms with Gasteiger partial charge in [-0.2, -0.15) is 5.10 Å². The normalized spacial score (nSPS) is 10.5. The van der Waals surface area contributed by atoms with Crippen molar-refractivity contribution in [3.63, 3.8) is 0 Å². The van der Waals surface area contributed by atoms with Crippen molar-refractivity contribution in [2.24, 2.45) is 7.05 Å². The monoisotopic (exact) mass is 225 g/mol. The Labute approximate surface area is 95.7 Å². The number of carbonyl (C=O) groups is 1. The third-order valence-electron chi connectivity index (χ3n) is 2.50. The van der Waals surface area contributed by atoms with Crippen molar-refractivity contribution < 1.29 is 9.90 Å². The number of rotatable bonds is 5. The van der Waals surface area contributed by atoms with E-state index in [1.807, 2.05) is 13.8 Å². The first-order valence-electron chi connectivity index (χ1n) is 5.50. The van der Waals surface area contributed by atoms with Gasteiger partial charge in [0.2, 0.25) is 0 Å². The second-order valence-corrected chi connectivity index (χ2v) is 3.76. The zero-order valence-electron chi connectivity index (χ0n) is 10.1. The van der Waals surface area contributed by atoms with Gasteiger partial charge in [-0.1, -0.05) is 0 Å². The van der Waals surface area contributed by atoms with Crippen LogP contribution in [-0.2, 0) is 7.05 Å². The van der Waals surface area contributed by atoms with E-state index in [2.05, 4.69) is 5.10 Å². The van der Waals surface area contributed by atoms with Crippen LogP contribution in [0.15, 0.2) is 6.20 Å². The summed E-state index contributed by atoms with van der Waals surface area (Å²) in [5, 5.41) is 12.9. The lowest BCUT2D eigenvalue weighted by molar-refractivity contribution is 0.0753. The van der Waals surface area contributed by atoms with Crippen LogP contribution in [0.4, 0.5) is 0 Å². The first kappa shape index (κ1) is 12.7. The van der Waals surface area contributed by atoms with E-state index < -0.39 is 0 Å². The molecule has 0 aliphatic heterocycles. The fourth-order valence-electron chi connectivity index (χ4n) is 1.64. The topological polar surface area (TPSA) is 58.4 Å². The zero-order chi connectivity index (χ0) is 12.1. The fourth-order valence-corrected chi connectivity index (χ4v) is 1.64. The molecule has 0 fully saturated rings. The predicted molar refractivity (Wildman–Crippen MR) is 61.2 cm³/mol. The van der Waals surface area contributed by atoms with E-state index in [1.165, 1.54) is 0 Å². The van der Waals surface area contributed by atoms with Gasteiger partial charge in [-0.05, 0) is 20.3 Å². The second-order valence-electron chi connectivity index (χ2n) is 3.76. The molecule has 90 valence electrons. The minimum atomic E-state index is -0.0125. The molecule has 0 atom stereocenters.